The molecule has 0 unspecified atom stereocenters. The number of aromatic nitrogens is 2. The lowest BCUT2D eigenvalue weighted by molar-refractivity contribution is 0.283. The van der Waals surface area contributed by atoms with Crippen LogP contribution in [0.3, 0.4) is 0 Å². The highest BCUT2D eigenvalue weighted by Gasteiger charge is 2.39. The van der Waals surface area contributed by atoms with Crippen molar-refractivity contribution < 1.29 is 4.52 Å². The molecular weight excluding hydrogens is 222 g/mol. The van der Waals surface area contributed by atoms with Crippen LogP contribution in [-0.2, 0) is 11.2 Å². The van der Waals surface area contributed by atoms with Gasteiger partial charge in [0.2, 0.25) is 5.89 Å². The van der Waals surface area contributed by atoms with Crippen molar-refractivity contribution in [2.24, 2.45) is 5.73 Å². The van der Waals surface area contributed by atoms with Gasteiger partial charge in [0.1, 0.15) is 0 Å². The van der Waals surface area contributed by atoms with Crippen LogP contribution >= 0.6 is 11.8 Å². The summed E-state index contributed by atoms with van der Waals surface area (Å²) < 4.78 is 5.39. The Labute approximate surface area is 100 Å². The van der Waals surface area contributed by atoms with Gasteiger partial charge in [0, 0.05) is 6.54 Å². The van der Waals surface area contributed by atoms with E-state index in [9.17, 15) is 0 Å². The molecule has 90 valence electrons. The van der Waals surface area contributed by atoms with Crippen LogP contribution in [0.1, 0.15) is 44.3 Å². The van der Waals surface area contributed by atoms with Gasteiger partial charge in [0.15, 0.2) is 5.82 Å². The quantitative estimate of drug-likeness (QED) is 0.855. The first-order chi connectivity index (χ1) is 7.80. The Balaban J connectivity index is 2.10. The maximum atomic E-state index is 5.88. The zero-order valence-electron chi connectivity index (χ0n) is 9.74. The largest absolute Gasteiger partial charge is 0.339 e. The van der Waals surface area contributed by atoms with E-state index < -0.39 is 0 Å². The lowest BCUT2D eigenvalue weighted by atomic mass is 9.86. The minimum absolute atomic E-state index is 0.0257. The van der Waals surface area contributed by atoms with Crippen molar-refractivity contribution in [1.29, 1.82) is 0 Å². The van der Waals surface area contributed by atoms with Crippen molar-refractivity contribution in [1.82, 2.24) is 10.1 Å². The molecule has 2 N–H and O–H groups in total. The van der Waals surface area contributed by atoms with Gasteiger partial charge < -0.3 is 10.3 Å². The summed E-state index contributed by atoms with van der Waals surface area (Å²) in [6.07, 6.45) is 4.62. The van der Waals surface area contributed by atoms with Crippen LogP contribution in [0.4, 0.5) is 0 Å². The predicted octanol–water partition coefficient (Wildman–Crippen LogP) is 2.09. The van der Waals surface area contributed by atoms with Crippen molar-refractivity contribution in [3.05, 3.63) is 11.7 Å². The van der Waals surface area contributed by atoms with E-state index in [1.165, 1.54) is 12.8 Å². The molecule has 1 heterocycles. The van der Waals surface area contributed by atoms with Gasteiger partial charge in [0.05, 0.1) is 11.2 Å². The first-order valence-electron chi connectivity index (χ1n) is 5.91. The summed E-state index contributed by atoms with van der Waals surface area (Å²) in [5.41, 5.74) is 5.85. The maximum absolute atomic E-state index is 5.88. The van der Waals surface area contributed by atoms with Crippen molar-refractivity contribution in [3.8, 4) is 0 Å². The number of rotatable bonds is 5. The normalized spacial score (nSPS) is 19.1. The summed E-state index contributed by atoms with van der Waals surface area (Å²) in [6, 6.07) is 0. The number of hydrogen-bond acceptors (Lipinski definition) is 5. The van der Waals surface area contributed by atoms with E-state index in [4.69, 9.17) is 10.3 Å². The fourth-order valence-electron chi connectivity index (χ4n) is 2.28. The molecule has 1 aromatic heterocycles. The smallest absolute Gasteiger partial charge is 0.234 e. The fourth-order valence-corrected chi connectivity index (χ4v) is 2.78. The van der Waals surface area contributed by atoms with E-state index in [1.54, 1.807) is 0 Å². The number of hydrogen-bond donors (Lipinski definition) is 1. The molecular formula is C11H19N3OS. The van der Waals surface area contributed by atoms with E-state index in [0.717, 1.165) is 36.1 Å². The van der Waals surface area contributed by atoms with E-state index >= 15 is 0 Å². The number of nitrogens with two attached hydrogens (primary N) is 1. The van der Waals surface area contributed by atoms with Crippen LogP contribution in [0.5, 0.6) is 0 Å². The molecule has 4 nitrogen and oxygen atoms in total. The van der Waals surface area contributed by atoms with Gasteiger partial charge >= 0.3 is 0 Å². The van der Waals surface area contributed by atoms with Gasteiger partial charge in [0.25, 0.3) is 0 Å². The van der Waals surface area contributed by atoms with Gasteiger partial charge in [-0.25, -0.2) is 0 Å². The summed E-state index contributed by atoms with van der Waals surface area (Å²) >= 11 is 1.81. The van der Waals surface area contributed by atoms with Crippen LogP contribution < -0.4 is 5.73 Å². The Bertz CT molecular complexity index is 334. The molecule has 0 spiro atoms. The average molecular weight is 241 g/mol. The van der Waals surface area contributed by atoms with Gasteiger partial charge in [-0.05, 0) is 18.6 Å². The number of thioether (sulfide) groups is 1. The summed E-state index contributed by atoms with van der Waals surface area (Å²) in [5.74, 6) is 3.48. The van der Waals surface area contributed by atoms with E-state index in [1.807, 2.05) is 11.8 Å². The van der Waals surface area contributed by atoms with Crippen molar-refractivity contribution in [2.45, 2.75) is 43.8 Å². The Morgan fingerprint density at radius 1 is 1.44 bits per heavy atom. The lowest BCUT2D eigenvalue weighted by Crippen LogP contribution is -2.32. The Morgan fingerprint density at radius 3 is 2.81 bits per heavy atom. The number of nitrogens with zero attached hydrogens (tertiary/aromatic N) is 2. The highest BCUT2D eigenvalue weighted by atomic mass is 32.2. The third-order valence-electron chi connectivity index (χ3n) is 3.31. The predicted molar refractivity (Wildman–Crippen MR) is 65.3 cm³/mol. The second kappa shape index (κ2) is 5.19. The first kappa shape index (κ1) is 11.9. The Morgan fingerprint density at radius 2 is 2.19 bits per heavy atom. The monoisotopic (exact) mass is 241 g/mol. The second-order valence-electron chi connectivity index (χ2n) is 4.34. The lowest BCUT2D eigenvalue weighted by Gasteiger charge is -2.21. The van der Waals surface area contributed by atoms with Gasteiger partial charge in [-0.2, -0.15) is 16.7 Å². The zero-order chi connectivity index (χ0) is 11.4. The molecule has 1 aliphatic carbocycles. The third-order valence-corrected chi connectivity index (χ3v) is 4.18. The minimum Gasteiger partial charge on any atom is -0.339 e. The molecule has 1 fully saturated rings. The summed E-state index contributed by atoms with van der Waals surface area (Å²) in [4.78, 5) is 4.49. The average Bonchev–Trinajstić information content (AvgIpc) is 2.95. The van der Waals surface area contributed by atoms with E-state index in [-0.39, 0.29) is 5.41 Å². The fraction of sp³-hybridized carbons (Fsp3) is 0.818. The topological polar surface area (TPSA) is 64.9 Å². The second-order valence-corrected chi connectivity index (χ2v) is 5.62. The highest BCUT2D eigenvalue weighted by molar-refractivity contribution is 7.98. The van der Waals surface area contributed by atoms with Crippen LogP contribution in [0, 0.1) is 0 Å². The van der Waals surface area contributed by atoms with Gasteiger partial charge in [-0.15, -0.1) is 0 Å². The third kappa shape index (κ3) is 2.25. The standard InChI is InChI=1S/C11H19N3OS/c1-2-16-7-9-13-10(15-14-9)11(8-12)5-3-4-6-11/h2-8,12H2,1H3. The molecule has 0 atom stereocenters. The summed E-state index contributed by atoms with van der Waals surface area (Å²) in [7, 11) is 0. The van der Waals surface area contributed by atoms with Crippen molar-refractivity contribution >= 4 is 11.8 Å². The SMILES string of the molecule is CCSCc1noc(C2(CN)CCCC2)n1. The molecule has 1 aliphatic rings. The Kier molecular flexibility index (Phi) is 3.86. The highest BCUT2D eigenvalue weighted by Crippen LogP contribution is 2.39. The van der Waals surface area contributed by atoms with Crippen LogP contribution in [-0.4, -0.2) is 22.4 Å². The Hall–Kier alpha value is -0.550. The van der Waals surface area contributed by atoms with E-state index in [2.05, 4.69) is 17.1 Å². The molecule has 5 heteroatoms. The molecule has 0 bridgehead atoms. The molecule has 1 saturated carbocycles. The maximum Gasteiger partial charge on any atom is 0.234 e. The van der Waals surface area contributed by atoms with Crippen LogP contribution in [0.2, 0.25) is 0 Å². The molecule has 2 rings (SSSR count). The van der Waals surface area contributed by atoms with E-state index in [0.29, 0.717) is 6.54 Å². The zero-order valence-corrected chi connectivity index (χ0v) is 10.6. The molecule has 16 heavy (non-hydrogen) atoms. The molecule has 0 aliphatic heterocycles. The van der Waals surface area contributed by atoms with Crippen LogP contribution in [0.25, 0.3) is 0 Å². The van der Waals surface area contributed by atoms with Crippen LogP contribution in [0.15, 0.2) is 4.52 Å². The molecule has 0 radical (unpaired) electrons. The summed E-state index contributed by atoms with van der Waals surface area (Å²) in [6.45, 7) is 2.75. The first-order valence-corrected chi connectivity index (χ1v) is 7.07. The molecule has 0 aromatic carbocycles. The van der Waals surface area contributed by atoms with Gasteiger partial charge in [-0.1, -0.05) is 24.9 Å². The van der Waals surface area contributed by atoms with Crippen molar-refractivity contribution in [3.63, 3.8) is 0 Å². The summed E-state index contributed by atoms with van der Waals surface area (Å²) in [5, 5.41) is 4.03. The molecule has 1 aromatic rings. The molecule has 0 amide bonds. The van der Waals surface area contributed by atoms with Gasteiger partial charge in [-0.3, -0.25) is 0 Å². The minimum atomic E-state index is -0.0257. The molecule has 0 saturated heterocycles. The van der Waals surface area contributed by atoms with Crippen molar-refractivity contribution in [2.75, 3.05) is 12.3 Å².